The number of rotatable bonds is 20. The number of imidazole rings is 1. The molecule has 0 aliphatic heterocycles. The number of H-pyrrole nitrogens is 1. The van der Waals surface area contributed by atoms with Gasteiger partial charge in [-0.3, -0.25) is 10.2 Å². The van der Waals surface area contributed by atoms with Crippen molar-refractivity contribution in [3.8, 4) is 22.5 Å². The molecular formula is C33H43N7O10S2. The molecule has 52 heavy (non-hydrogen) atoms. The summed E-state index contributed by atoms with van der Waals surface area (Å²) in [6.07, 6.45) is 0.483. The van der Waals surface area contributed by atoms with Gasteiger partial charge in [0, 0.05) is 42.0 Å². The first-order chi connectivity index (χ1) is 24.7. The Morgan fingerprint density at radius 3 is 2.17 bits per heavy atom. The Kier molecular flexibility index (Phi) is 13.6. The molecule has 0 atom stereocenters. The number of carbonyl (C=O) groups excluding carboxylic acids is 1. The van der Waals surface area contributed by atoms with Gasteiger partial charge in [-0.25, -0.2) is 21.8 Å². The van der Waals surface area contributed by atoms with Gasteiger partial charge in [-0.2, -0.15) is 0 Å². The quantitative estimate of drug-likeness (QED) is 0.0279. The molecule has 19 heteroatoms. The topological polar surface area (TPSA) is 268 Å². The van der Waals surface area contributed by atoms with E-state index >= 15 is 0 Å². The first-order valence-electron chi connectivity index (χ1n) is 16.1. The highest BCUT2D eigenvalue weighted by molar-refractivity contribution is 7.90. The van der Waals surface area contributed by atoms with E-state index in [4.69, 9.17) is 25.4 Å². The van der Waals surface area contributed by atoms with Crippen molar-refractivity contribution in [1.82, 2.24) is 25.1 Å². The van der Waals surface area contributed by atoms with E-state index in [0.29, 0.717) is 62.7 Å². The number of ether oxygens (including phenoxy) is 3. The van der Waals surface area contributed by atoms with Gasteiger partial charge in [0.2, 0.25) is 5.91 Å². The number of nitrogens with zero attached hydrogens (tertiary/aromatic N) is 1. The van der Waals surface area contributed by atoms with E-state index in [1.54, 1.807) is 32.0 Å². The maximum Gasteiger partial charge on any atom is 0.263 e. The van der Waals surface area contributed by atoms with Gasteiger partial charge >= 0.3 is 0 Å². The van der Waals surface area contributed by atoms with Gasteiger partial charge in [0.25, 0.3) is 20.0 Å². The Morgan fingerprint density at radius 1 is 0.885 bits per heavy atom. The Morgan fingerprint density at radius 2 is 1.52 bits per heavy atom. The Balaban J connectivity index is 1.78. The fraction of sp³-hybridized carbons (Fsp3) is 0.364. The molecule has 1 amide bonds. The first-order valence-corrected chi connectivity index (χ1v) is 19.1. The van der Waals surface area contributed by atoms with Crippen LogP contribution in [-0.4, -0.2) is 95.1 Å². The highest BCUT2D eigenvalue weighted by Gasteiger charge is 2.35. The smallest absolute Gasteiger partial charge is 0.263 e. The van der Waals surface area contributed by atoms with Crippen LogP contribution in [0.1, 0.15) is 38.3 Å². The van der Waals surface area contributed by atoms with Crippen molar-refractivity contribution in [2.45, 2.75) is 42.4 Å². The minimum atomic E-state index is -4.82. The average molecular weight is 762 g/mol. The van der Waals surface area contributed by atoms with Crippen LogP contribution in [0.25, 0.3) is 33.5 Å². The summed E-state index contributed by atoms with van der Waals surface area (Å²) in [6, 6.07) is 12.7. The monoisotopic (exact) mass is 761 g/mol. The molecule has 0 aliphatic carbocycles. The summed E-state index contributed by atoms with van der Waals surface area (Å²) < 4.78 is 69.4. The zero-order valence-corrected chi connectivity index (χ0v) is 30.5. The van der Waals surface area contributed by atoms with Crippen LogP contribution in [0.15, 0.2) is 64.4 Å². The van der Waals surface area contributed by atoms with Crippen molar-refractivity contribution in [3.05, 3.63) is 65.7 Å². The highest BCUT2D eigenvalue weighted by Crippen LogP contribution is 2.42. The number of amidine groups is 1. The predicted molar refractivity (Wildman–Crippen MR) is 191 cm³/mol. The van der Waals surface area contributed by atoms with Gasteiger partial charge < -0.3 is 40.7 Å². The summed E-state index contributed by atoms with van der Waals surface area (Å²) in [5.41, 5.74) is 5.15. The van der Waals surface area contributed by atoms with E-state index in [1.165, 1.54) is 40.1 Å². The third-order valence-electron chi connectivity index (χ3n) is 8.10. The molecule has 1 aromatic heterocycles. The number of aromatic amines is 1. The molecule has 0 spiro atoms. The molecule has 0 aliphatic rings. The van der Waals surface area contributed by atoms with Crippen LogP contribution in [0.4, 0.5) is 0 Å². The number of nitrogen functional groups attached to an aromatic ring is 1. The number of nitrogens with one attached hydrogen (secondary N) is 5. The molecule has 0 saturated heterocycles. The lowest BCUT2D eigenvalue weighted by atomic mass is 9.81. The van der Waals surface area contributed by atoms with Gasteiger partial charge in [0.05, 0.1) is 47.8 Å². The molecule has 0 fully saturated rings. The molecule has 9 N–H and O–H groups in total. The zero-order chi connectivity index (χ0) is 38.1. The summed E-state index contributed by atoms with van der Waals surface area (Å²) >= 11 is 0. The maximum atomic E-state index is 13.7. The predicted octanol–water partition coefficient (Wildman–Crippen LogP) is 2.37. The number of fused-ring (bicyclic) bond motifs is 1. The van der Waals surface area contributed by atoms with E-state index in [1.807, 2.05) is 6.92 Å². The summed E-state index contributed by atoms with van der Waals surface area (Å²) in [4.78, 5) is 22.8. The van der Waals surface area contributed by atoms with Crippen LogP contribution >= 0.6 is 0 Å². The number of sulfonamides is 2. The normalized spacial score (nSPS) is 12.3. The van der Waals surface area contributed by atoms with Gasteiger partial charge in [0.1, 0.15) is 16.6 Å². The number of hydrogen-bond donors (Lipinski definition) is 8. The third-order valence-corrected chi connectivity index (χ3v) is 10.5. The number of nitrogens with two attached hydrogens (primary N) is 1. The SMILES string of the molecule is CCOCCOCCOCCCNC(=O)C(C)(C)c1cc(-c2nc3ccc(C(=N)N)cc3[nH]2)c(S(=O)(=O)NO)c(-c2ccccc2S(=O)(=O)NO)c1. The summed E-state index contributed by atoms with van der Waals surface area (Å²) in [6.45, 7) is 8.07. The molecule has 0 bridgehead atoms. The lowest BCUT2D eigenvalue weighted by molar-refractivity contribution is -0.125. The number of amides is 1. The molecule has 3 aromatic carbocycles. The van der Waals surface area contributed by atoms with E-state index in [0.717, 1.165) is 6.07 Å². The molecule has 4 aromatic rings. The van der Waals surface area contributed by atoms with Crippen molar-refractivity contribution in [1.29, 1.82) is 5.41 Å². The lowest BCUT2D eigenvalue weighted by Gasteiger charge is -2.27. The van der Waals surface area contributed by atoms with Crippen molar-refractivity contribution < 1.29 is 46.3 Å². The van der Waals surface area contributed by atoms with Crippen LogP contribution in [0.2, 0.25) is 0 Å². The second kappa shape index (κ2) is 17.5. The Hall–Kier alpha value is -4.31. The molecule has 17 nitrogen and oxygen atoms in total. The zero-order valence-electron chi connectivity index (χ0n) is 28.9. The van der Waals surface area contributed by atoms with Crippen molar-refractivity contribution in [3.63, 3.8) is 0 Å². The fourth-order valence-corrected chi connectivity index (χ4v) is 7.11. The first kappa shape index (κ1) is 40.5. The van der Waals surface area contributed by atoms with Crippen LogP contribution in [0.3, 0.4) is 0 Å². The van der Waals surface area contributed by atoms with E-state index in [-0.39, 0.29) is 40.5 Å². The van der Waals surface area contributed by atoms with E-state index in [2.05, 4.69) is 15.3 Å². The average Bonchev–Trinajstić information content (AvgIpc) is 3.57. The lowest BCUT2D eigenvalue weighted by Crippen LogP contribution is -2.41. The standard InChI is InChI=1S/C33H43N7O10S2/c1-4-48-14-15-50-17-16-49-13-7-12-36-32(41)33(2,3)22-19-24(23-8-5-6-9-28(23)51(44,45)39-42)29(52(46,47)40-43)25(20-22)31-37-26-11-10-21(30(34)35)18-27(26)38-31/h5-6,8-11,18-20,39-40,42-43H,4,7,12-17H2,1-3H3,(H3,34,35)(H,36,41)(H,37,38). The summed E-state index contributed by atoms with van der Waals surface area (Å²) in [7, 11) is -9.40. The van der Waals surface area contributed by atoms with Gasteiger partial charge in [-0.05, 0) is 69.2 Å². The largest absolute Gasteiger partial charge is 0.384 e. The summed E-state index contributed by atoms with van der Waals surface area (Å²) in [5, 5.41) is 30.1. The second-order valence-corrected chi connectivity index (χ2v) is 15.2. The van der Waals surface area contributed by atoms with Crippen LogP contribution in [-0.2, 0) is 44.5 Å². The molecule has 0 unspecified atom stereocenters. The molecule has 1 heterocycles. The van der Waals surface area contributed by atoms with Crippen LogP contribution < -0.4 is 20.8 Å². The summed E-state index contributed by atoms with van der Waals surface area (Å²) in [5.74, 6) is -0.677. The number of benzene rings is 3. The minimum Gasteiger partial charge on any atom is -0.384 e. The number of aromatic nitrogens is 2. The van der Waals surface area contributed by atoms with E-state index < -0.39 is 41.2 Å². The Bertz CT molecular complexity index is 2120. The molecule has 0 radical (unpaired) electrons. The van der Waals surface area contributed by atoms with Crippen molar-refractivity contribution >= 4 is 42.8 Å². The van der Waals surface area contributed by atoms with E-state index in [9.17, 15) is 32.0 Å². The number of carbonyl (C=O) groups is 1. The maximum absolute atomic E-state index is 13.7. The molecule has 4 rings (SSSR count). The minimum absolute atomic E-state index is 0.0246. The molecular weight excluding hydrogens is 719 g/mol. The second-order valence-electron chi connectivity index (χ2n) is 12.0. The third kappa shape index (κ3) is 9.37. The fourth-order valence-electron chi connectivity index (χ4n) is 5.29. The number of hydrogen-bond acceptors (Lipinski definition) is 12. The van der Waals surface area contributed by atoms with Gasteiger partial charge in [-0.15, -0.1) is 0 Å². The highest BCUT2D eigenvalue weighted by atomic mass is 32.2. The van der Waals surface area contributed by atoms with Crippen molar-refractivity contribution in [2.75, 3.05) is 46.2 Å². The Labute approximate surface area is 301 Å². The van der Waals surface area contributed by atoms with Gasteiger partial charge in [-0.1, -0.05) is 28.0 Å². The van der Waals surface area contributed by atoms with Crippen molar-refractivity contribution in [2.24, 2.45) is 5.73 Å². The van der Waals surface area contributed by atoms with Crippen LogP contribution in [0.5, 0.6) is 0 Å². The van der Waals surface area contributed by atoms with Gasteiger partial charge in [0.15, 0.2) is 0 Å². The molecule has 282 valence electrons. The van der Waals surface area contributed by atoms with Crippen LogP contribution in [0, 0.1) is 5.41 Å². The molecule has 0 saturated carbocycles.